The van der Waals surface area contributed by atoms with Crippen LogP contribution in [0.15, 0.2) is 25.3 Å². The highest BCUT2D eigenvalue weighted by Crippen LogP contribution is 2.06. The van der Waals surface area contributed by atoms with E-state index < -0.39 is 36.1 Å². The Morgan fingerprint density at radius 3 is 1.33 bits per heavy atom. The summed E-state index contributed by atoms with van der Waals surface area (Å²) in [4.78, 5) is 68.7. The van der Waals surface area contributed by atoms with Gasteiger partial charge in [0.25, 0.3) is 0 Å². The number of allylic oxidation sites excluding steroid dienone is 2. The lowest BCUT2D eigenvalue weighted by molar-refractivity contribution is -0.171. The van der Waals surface area contributed by atoms with Crippen molar-refractivity contribution in [2.24, 2.45) is 0 Å². The molecular weight excluding hydrogens is 436 g/mol. The number of unbranched alkanes of at least 4 members (excludes halogenated alkanes) is 2. The summed E-state index contributed by atoms with van der Waals surface area (Å²) >= 11 is 0. The molecule has 184 valence electrons. The number of ether oxygens (including phenoxy) is 4. The summed E-state index contributed by atoms with van der Waals surface area (Å²) in [6.45, 7) is 9.73. The number of hydrogen-bond acceptors (Lipinski definition) is 10. The van der Waals surface area contributed by atoms with Gasteiger partial charge in [0.15, 0.2) is 11.6 Å². The van der Waals surface area contributed by atoms with Gasteiger partial charge in [0, 0.05) is 12.8 Å². The van der Waals surface area contributed by atoms with E-state index in [-0.39, 0.29) is 50.5 Å². The van der Waals surface area contributed by atoms with E-state index in [1.165, 1.54) is 12.2 Å². The van der Waals surface area contributed by atoms with E-state index in [4.69, 9.17) is 18.9 Å². The maximum atomic E-state index is 11.6. The van der Waals surface area contributed by atoms with Crippen molar-refractivity contribution in [2.75, 3.05) is 13.2 Å². The molecule has 0 aliphatic heterocycles. The number of rotatable bonds is 16. The fourth-order valence-corrected chi connectivity index (χ4v) is 2.30. The third kappa shape index (κ3) is 15.2. The standard InChI is InChI=1S/C23H32O10/c1-5-18(24)12-10-16(3)32-22(28)20(26)30-14-8-7-9-15-31-21(27)23(29)33-17(4)11-13-19(25)6-2/h5-6,16-17H,1-2,7-15H2,3-4H3. The Balaban J connectivity index is 3.88. The number of carbonyl (C=O) groups is 6. The molecule has 0 aromatic heterocycles. The molecule has 0 aliphatic rings. The minimum Gasteiger partial charge on any atom is -0.457 e. The molecular formula is C23H32O10. The molecule has 0 N–H and O–H groups in total. The molecule has 2 atom stereocenters. The van der Waals surface area contributed by atoms with Crippen LogP contribution in [0.25, 0.3) is 0 Å². The van der Waals surface area contributed by atoms with Crippen molar-refractivity contribution in [1.29, 1.82) is 0 Å². The van der Waals surface area contributed by atoms with Gasteiger partial charge in [-0.2, -0.15) is 0 Å². The van der Waals surface area contributed by atoms with E-state index in [2.05, 4.69) is 13.2 Å². The Morgan fingerprint density at radius 1 is 0.636 bits per heavy atom. The van der Waals surface area contributed by atoms with Crippen LogP contribution in [0, 0.1) is 0 Å². The highest BCUT2D eigenvalue weighted by molar-refractivity contribution is 6.30. The number of hydrogen-bond donors (Lipinski definition) is 0. The molecule has 0 aromatic carbocycles. The van der Waals surface area contributed by atoms with Gasteiger partial charge in [-0.05, 0) is 58.1 Å². The zero-order valence-corrected chi connectivity index (χ0v) is 19.2. The normalized spacial score (nSPS) is 11.9. The largest absolute Gasteiger partial charge is 0.457 e. The summed E-state index contributed by atoms with van der Waals surface area (Å²) in [5, 5.41) is 0. The molecule has 0 fully saturated rings. The molecule has 10 heteroatoms. The number of ketones is 2. The first-order valence-electron chi connectivity index (χ1n) is 10.7. The summed E-state index contributed by atoms with van der Waals surface area (Å²) in [6.07, 6.45) is 3.27. The van der Waals surface area contributed by atoms with Gasteiger partial charge in [-0.25, -0.2) is 19.2 Å². The highest BCUT2D eigenvalue weighted by atomic mass is 16.6. The van der Waals surface area contributed by atoms with E-state index in [1.807, 2.05) is 0 Å². The van der Waals surface area contributed by atoms with E-state index in [9.17, 15) is 28.8 Å². The van der Waals surface area contributed by atoms with Crippen molar-refractivity contribution in [3.63, 3.8) is 0 Å². The summed E-state index contributed by atoms with van der Waals surface area (Å²) in [6, 6.07) is 0. The molecule has 0 aliphatic carbocycles. The van der Waals surface area contributed by atoms with E-state index in [0.29, 0.717) is 19.3 Å². The molecule has 0 radical (unpaired) electrons. The van der Waals surface area contributed by atoms with Crippen LogP contribution in [0.5, 0.6) is 0 Å². The first kappa shape index (κ1) is 29.7. The number of esters is 4. The van der Waals surface area contributed by atoms with Crippen LogP contribution in [0.2, 0.25) is 0 Å². The van der Waals surface area contributed by atoms with Gasteiger partial charge in [0.1, 0.15) is 12.2 Å². The van der Waals surface area contributed by atoms with Gasteiger partial charge in [0.05, 0.1) is 13.2 Å². The van der Waals surface area contributed by atoms with Crippen LogP contribution < -0.4 is 0 Å². The maximum absolute atomic E-state index is 11.6. The van der Waals surface area contributed by atoms with Gasteiger partial charge in [0.2, 0.25) is 0 Å². The van der Waals surface area contributed by atoms with Crippen molar-refractivity contribution < 1.29 is 47.7 Å². The second kappa shape index (κ2) is 17.3. The molecule has 0 aromatic rings. The van der Waals surface area contributed by atoms with Crippen molar-refractivity contribution in [3.8, 4) is 0 Å². The average molecular weight is 468 g/mol. The molecule has 0 saturated heterocycles. The fourth-order valence-electron chi connectivity index (χ4n) is 2.30. The summed E-state index contributed by atoms with van der Waals surface area (Å²) in [7, 11) is 0. The minimum absolute atomic E-state index is 0.0335. The monoisotopic (exact) mass is 468 g/mol. The third-order valence-electron chi connectivity index (χ3n) is 4.25. The van der Waals surface area contributed by atoms with Crippen molar-refractivity contribution in [1.82, 2.24) is 0 Å². The van der Waals surface area contributed by atoms with Gasteiger partial charge in [-0.3, -0.25) is 9.59 Å². The Morgan fingerprint density at radius 2 is 1.00 bits per heavy atom. The predicted molar refractivity (Wildman–Crippen MR) is 116 cm³/mol. The first-order valence-corrected chi connectivity index (χ1v) is 10.7. The number of carbonyl (C=O) groups excluding carboxylic acids is 6. The van der Waals surface area contributed by atoms with Crippen molar-refractivity contribution >= 4 is 35.4 Å². The first-order chi connectivity index (χ1) is 15.6. The van der Waals surface area contributed by atoms with Crippen LogP contribution >= 0.6 is 0 Å². The Hall–Kier alpha value is -3.30. The zero-order chi connectivity index (χ0) is 25.2. The van der Waals surface area contributed by atoms with Crippen LogP contribution in [-0.2, 0) is 47.7 Å². The van der Waals surface area contributed by atoms with Crippen LogP contribution in [0.4, 0.5) is 0 Å². The Kier molecular flexibility index (Phi) is 15.6. The van der Waals surface area contributed by atoms with Crippen molar-refractivity contribution in [3.05, 3.63) is 25.3 Å². The van der Waals surface area contributed by atoms with Crippen LogP contribution in [0.1, 0.15) is 58.8 Å². The molecule has 2 unspecified atom stereocenters. The average Bonchev–Trinajstić information content (AvgIpc) is 2.79. The molecule has 0 saturated carbocycles. The zero-order valence-electron chi connectivity index (χ0n) is 19.2. The Bertz CT molecular complexity index is 665. The maximum Gasteiger partial charge on any atom is 0.417 e. The second-order valence-corrected chi connectivity index (χ2v) is 7.18. The van der Waals surface area contributed by atoms with Gasteiger partial charge >= 0.3 is 23.9 Å². The molecule has 10 nitrogen and oxygen atoms in total. The quantitative estimate of drug-likeness (QED) is 0.109. The topological polar surface area (TPSA) is 139 Å². The fraction of sp³-hybridized carbons (Fsp3) is 0.565. The van der Waals surface area contributed by atoms with Gasteiger partial charge < -0.3 is 18.9 Å². The Labute approximate surface area is 193 Å². The summed E-state index contributed by atoms with van der Waals surface area (Å²) in [5.74, 6) is -4.90. The van der Waals surface area contributed by atoms with Gasteiger partial charge in [-0.1, -0.05) is 13.2 Å². The summed E-state index contributed by atoms with van der Waals surface area (Å²) < 4.78 is 19.4. The SMILES string of the molecule is C=CC(=O)CCC(C)OC(=O)C(=O)OCCCCCOC(=O)C(=O)OC(C)CCC(=O)C=C. The van der Waals surface area contributed by atoms with Crippen LogP contribution in [0.3, 0.4) is 0 Å². The third-order valence-corrected chi connectivity index (χ3v) is 4.25. The molecule has 0 spiro atoms. The summed E-state index contributed by atoms with van der Waals surface area (Å²) in [5.41, 5.74) is 0. The molecule has 0 amide bonds. The second-order valence-electron chi connectivity index (χ2n) is 7.18. The molecule has 33 heavy (non-hydrogen) atoms. The van der Waals surface area contributed by atoms with Gasteiger partial charge in [-0.15, -0.1) is 0 Å². The predicted octanol–water partition coefficient (Wildman–Crippen LogP) is 2.18. The lowest BCUT2D eigenvalue weighted by Gasteiger charge is -2.12. The lowest BCUT2D eigenvalue weighted by atomic mass is 10.1. The van der Waals surface area contributed by atoms with E-state index >= 15 is 0 Å². The molecule has 0 bridgehead atoms. The van der Waals surface area contributed by atoms with E-state index in [1.54, 1.807) is 13.8 Å². The molecule has 0 rings (SSSR count). The minimum atomic E-state index is -1.14. The smallest absolute Gasteiger partial charge is 0.417 e. The highest BCUT2D eigenvalue weighted by Gasteiger charge is 2.21. The molecule has 0 heterocycles. The van der Waals surface area contributed by atoms with E-state index in [0.717, 1.165) is 0 Å². The van der Waals surface area contributed by atoms with Crippen LogP contribution in [-0.4, -0.2) is 60.9 Å². The lowest BCUT2D eigenvalue weighted by Crippen LogP contribution is -2.25. The van der Waals surface area contributed by atoms with Crippen molar-refractivity contribution in [2.45, 2.75) is 71.0 Å².